The lowest BCUT2D eigenvalue weighted by atomic mass is 10.5. The number of carboxylic acids is 1. The number of fused-ring (bicyclic) bond motifs is 1. The van der Waals surface area contributed by atoms with Gasteiger partial charge in [-0.3, -0.25) is 13.9 Å². The standard InChI is InChI=1S/C8H7N3O4S/c1-10-4-3(6(12)11(2)8(10)15)16-5(9-4)7(13)14/h1-2H3,(H,13,14). The van der Waals surface area contributed by atoms with Crippen LogP contribution in [0.25, 0.3) is 10.3 Å². The molecule has 2 aromatic rings. The third kappa shape index (κ3) is 1.27. The van der Waals surface area contributed by atoms with Crippen molar-refractivity contribution in [3.63, 3.8) is 0 Å². The van der Waals surface area contributed by atoms with Gasteiger partial charge < -0.3 is 5.11 Å². The number of hydrogen-bond donors (Lipinski definition) is 1. The Morgan fingerprint density at radius 1 is 1.31 bits per heavy atom. The largest absolute Gasteiger partial charge is 0.476 e. The quantitative estimate of drug-likeness (QED) is 0.718. The first-order valence-corrected chi connectivity index (χ1v) is 5.05. The highest BCUT2D eigenvalue weighted by Crippen LogP contribution is 2.16. The number of thiazole rings is 1. The van der Waals surface area contributed by atoms with E-state index < -0.39 is 17.2 Å². The number of aromatic nitrogens is 3. The summed E-state index contributed by atoms with van der Waals surface area (Å²) in [7, 11) is 2.78. The van der Waals surface area contributed by atoms with E-state index in [1.807, 2.05) is 0 Å². The molecule has 2 heterocycles. The van der Waals surface area contributed by atoms with E-state index in [1.165, 1.54) is 14.1 Å². The number of aryl methyl sites for hydroxylation is 1. The van der Waals surface area contributed by atoms with E-state index in [-0.39, 0.29) is 15.4 Å². The fraction of sp³-hybridized carbons (Fsp3) is 0.250. The summed E-state index contributed by atoms with van der Waals surface area (Å²) in [5.41, 5.74) is -0.946. The molecule has 0 aliphatic heterocycles. The van der Waals surface area contributed by atoms with Crippen molar-refractivity contribution in [1.82, 2.24) is 14.1 Å². The first-order valence-electron chi connectivity index (χ1n) is 4.23. The van der Waals surface area contributed by atoms with Gasteiger partial charge in [0.2, 0.25) is 5.01 Å². The maximum Gasteiger partial charge on any atom is 0.365 e. The molecule has 2 aromatic heterocycles. The second-order valence-corrected chi connectivity index (χ2v) is 4.18. The minimum absolute atomic E-state index is 0.107. The SMILES string of the molecule is Cn1c(=O)c2sc(C(=O)O)nc2n(C)c1=O. The van der Waals surface area contributed by atoms with Crippen LogP contribution in [0.1, 0.15) is 9.80 Å². The average Bonchev–Trinajstić information content (AvgIpc) is 2.68. The van der Waals surface area contributed by atoms with Crippen molar-refractivity contribution in [2.45, 2.75) is 0 Å². The van der Waals surface area contributed by atoms with Crippen LogP contribution < -0.4 is 11.2 Å². The summed E-state index contributed by atoms with van der Waals surface area (Å²) in [6, 6.07) is 0. The third-order valence-corrected chi connectivity index (χ3v) is 3.20. The minimum atomic E-state index is -1.21. The lowest BCUT2D eigenvalue weighted by Gasteiger charge is -2.00. The summed E-state index contributed by atoms with van der Waals surface area (Å²) in [4.78, 5) is 37.6. The zero-order valence-electron chi connectivity index (χ0n) is 8.42. The van der Waals surface area contributed by atoms with Crippen molar-refractivity contribution in [3.05, 3.63) is 25.8 Å². The summed E-state index contributed by atoms with van der Waals surface area (Å²) in [6.07, 6.45) is 0. The normalized spacial score (nSPS) is 10.9. The summed E-state index contributed by atoms with van der Waals surface area (Å²) < 4.78 is 2.24. The fourth-order valence-electron chi connectivity index (χ4n) is 1.32. The Labute approximate surface area is 92.2 Å². The maximum atomic E-state index is 11.7. The van der Waals surface area contributed by atoms with Crippen molar-refractivity contribution >= 4 is 27.7 Å². The molecule has 0 spiro atoms. The Kier molecular flexibility index (Phi) is 2.16. The van der Waals surface area contributed by atoms with Gasteiger partial charge in [-0.05, 0) is 0 Å². The smallest absolute Gasteiger partial charge is 0.365 e. The number of aromatic carboxylic acids is 1. The molecule has 84 valence electrons. The number of carbonyl (C=O) groups is 1. The van der Waals surface area contributed by atoms with Gasteiger partial charge >= 0.3 is 11.7 Å². The molecule has 2 rings (SSSR count). The molecular weight excluding hydrogens is 234 g/mol. The number of nitrogens with zero attached hydrogens (tertiary/aromatic N) is 3. The Balaban J connectivity index is 3.04. The van der Waals surface area contributed by atoms with Crippen LogP contribution in [-0.2, 0) is 14.1 Å². The van der Waals surface area contributed by atoms with Gasteiger partial charge in [0.25, 0.3) is 5.56 Å². The highest BCUT2D eigenvalue weighted by atomic mass is 32.1. The van der Waals surface area contributed by atoms with Crippen molar-refractivity contribution in [2.24, 2.45) is 14.1 Å². The molecule has 0 saturated heterocycles. The molecule has 0 bridgehead atoms. The summed E-state index contributed by atoms with van der Waals surface area (Å²) in [5.74, 6) is -1.21. The Morgan fingerprint density at radius 3 is 2.50 bits per heavy atom. The van der Waals surface area contributed by atoms with Crippen molar-refractivity contribution in [1.29, 1.82) is 0 Å². The predicted molar refractivity (Wildman–Crippen MR) is 57.1 cm³/mol. The van der Waals surface area contributed by atoms with Crippen molar-refractivity contribution in [2.75, 3.05) is 0 Å². The summed E-state index contributed by atoms with van der Waals surface area (Å²) in [5, 5.41) is 8.56. The molecule has 0 unspecified atom stereocenters. The maximum absolute atomic E-state index is 11.7. The number of hydrogen-bond acceptors (Lipinski definition) is 5. The van der Waals surface area contributed by atoms with Crippen LogP contribution in [0.15, 0.2) is 9.59 Å². The van der Waals surface area contributed by atoms with Crippen molar-refractivity contribution < 1.29 is 9.90 Å². The molecule has 7 nitrogen and oxygen atoms in total. The third-order valence-electron chi connectivity index (χ3n) is 2.18. The fourth-order valence-corrected chi connectivity index (χ4v) is 2.24. The predicted octanol–water partition coefficient (Wildman–Crippen LogP) is -0.608. The van der Waals surface area contributed by atoms with Crippen LogP contribution in [0.2, 0.25) is 0 Å². The lowest BCUT2D eigenvalue weighted by Crippen LogP contribution is -2.36. The second-order valence-electron chi connectivity index (χ2n) is 3.18. The van der Waals surface area contributed by atoms with Gasteiger partial charge in [-0.2, -0.15) is 0 Å². The van der Waals surface area contributed by atoms with E-state index in [9.17, 15) is 14.4 Å². The molecule has 0 fully saturated rings. The first kappa shape index (κ1) is 10.6. The van der Waals surface area contributed by atoms with E-state index in [0.717, 1.165) is 20.5 Å². The molecule has 1 N–H and O–H groups in total. The molecule has 0 radical (unpaired) electrons. The molecule has 0 atom stereocenters. The molecule has 16 heavy (non-hydrogen) atoms. The number of rotatable bonds is 1. The van der Waals surface area contributed by atoms with Crippen LogP contribution in [0, 0.1) is 0 Å². The Hall–Kier alpha value is -1.96. The molecule has 0 aliphatic rings. The first-order chi connectivity index (χ1) is 7.43. The zero-order chi connectivity index (χ0) is 12.0. The monoisotopic (exact) mass is 241 g/mol. The van der Waals surface area contributed by atoms with Gasteiger partial charge in [-0.15, -0.1) is 0 Å². The van der Waals surface area contributed by atoms with E-state index in [2.05, 4.69) is 4.98 Å². The van der Waals surface area contributed by atoms with Crippen LogP contribution in [0.4, 0.5) is 0 Å². The van der Waals surface area contributed by atoms with Gasteiger partial charge in [0.1, 0.15) is 4.70 Å². The van der Waals surface area contributed by atoms with Crippen molar-refractivity contribution in [3.8, 4) is 0 Å². The van der Waals surface area contributed by atoms with E-state index in [1.54, 1.807) is 0 Å². The number of carboxylic acid groups (broad SMARTS) is 1. The topological polar surface area (TPSA) is 94.2 Å². The van der Waals surface area contributed by atoms with Crippen LogP contribution in [0.3, 0.4) is 0 Å². The summed E-state index contributed by atoms with van der Waals surface area (Å²) in [6.45, 7) is 0. The minimum Gasteiger partial charge on any atom is -0.476 e. The van der Waals surface area contributed by atoms with Crippen LogP contribution in [-0.4, -0.2) is 25.2 Å². The second kappa shape index (κ2) is 3.27. The van der Waals surface area contributed by atoms with E-state index in [0.29, 0.717) is 0 Å². The Bertz CT molecular complexity index is 708. The zero-order valence-corrected chi connectivity index (χ0v) is 9.24. The molecule has 0 saturated carbocycles. The van der Waals surface area contributed by atoms with Gasteiger partial charge in [-0.25, -0.2) is 14.6 Å². The van der Waals surface area contributed by atoms with E-state index >= 15 is 0 Å². The average molecular weight is 241 g/mol. The molecule has 0 aliphatic carbocycles. The van der Waals surface area contributed by atoms with Gasteiger partial charge in [0.15, 0.2) is 5.65 Å². The Morgan fingerprint density at radius 2 is 1.94 bits per heavy atom. The summed E-state index contributed by atoms with van der Waals surface area (Å²) >= 11 is 0.765. The highest BCUT2D eigenvalue weighted by molar-refractivity contribution is 7.20. The molecule has 0 amide bonds. The highest BCUT2D eigenvalue weighted by Gasteiger charge is 2.17. The molecule has 8 heteroatoms. The lowest BCUT2D eigenvalue weighted by molar-refractivity contribution is 0.0696. The van der Waals surface area contributed by atoms with Crippen LogP contribution in [0.5, 0.6) is 0 Å². The van der Waals surface area contributed by atoms with E-state index in [4.69, 9.17) is 5.11 Å². The van der Waals surface area contributed by atoms with Crippen LogP contribution >= 0.6 is 11.3 Å². The molecular formula is C8H7N3O4S. The van der Waals surface area contributed by atoms with Gasteiger partial charge in [0.05, 0.1) is 0 Å². The van der Waals surface area contributed by atoms with Gasteiger partial charge in [-0.1, -0.05) is 11.3 Å². The molecule has 0 aromatic carbocycles. The van der Waals surface area contributed by atoms with Gasteiger partial charge in [0, 0.05) is 14.1 Å².